The maximum atomic E-state index is 12.0. The monoisotopic (exact) mass is 301 g/mol. The van der Waals surface area contributed by atoms with E-state index in [0.29, 0.717) is 12.1 Å². The Morgan fingerprint density at radius 3 is 2.64 bits per heavy atom. The minimum atomic E-state index is -0.0915. The van der Waals surface area contributed by atoms with E-state index in [4.69, 9.17) is 0 Å². The van der Waals surface area contributed by atoms with Gasteiger partial charge in [0.25, 0.3) is 5.91 Å². The fraction of sp³-hybridized carbons (Fsp3) is 0.438. The summed E-state index contributed by atoms with van der Waals surface area (Å²) < 4.78 is 1.97. The number of nitrogens with zero attached hydrogens (tertiary/aromatic N) is 4. The van der Waals surface area contributed by atoms with Gasteiger partial charge in [0.1, 0.15) is 5.82 Å². The number of anilines is 1. The first-order valence-electron chi connectivity index (χ1n) is 7.40. The second-order valence-electron chi connectivity index (χ2n) is 5.56. The Balaban J connectivity index is 1.79. The van der Waals surface area contributed by atoms with Crippen molar-refractivity contribution in [2.75, 3.05) is 25.5 Å². The Hall–Kier alpha value is -2.37. The van der Waals surface area contributed by atoms with Gasteiger partial charge in [-0.05, 0) is 38.5 Å². The third-order valence-corrected chi connectivity index (χ3v) is 3.40. The van der Waals surface area contributed by atoms with Crippen LogP contribution in [0, 0.1) is 13.8 Å². The van der Waals surface area contributed by atoms with Crippen LogP contribution in [0.5, 0.6) is 0 Å². The minimum Gasteiger partial charge on any atom is -0.363 e. The molecule has 1 amide bonds. The molecule has 118 valence electrons. The molecule has 1 N–H and O–H groups in total. The lowest BCUT2D eigenvalue weighted by Crippen LogP contribution is -2.25. The Kier molecular flexibility index (Phi) is 5.14. The van der Waals surface area contributed by atoms with Crippen molar-refractivity contribution in [1.29, 1.82) is 0 Å². The highest BCUT2D eigenvalue weighted by molar-refractivity contribution is 5.94. The van der Waals surface area contributed by atoms with Crippen LogP contribution in [0.25, 0.3) is 0 Å². The summed E-state index contributed by atoms with van der Waals surface area (Å²) in [4.78, 5) is 18.2. The number of aryl methyl sites for hydroxylation is 3. The van der Waals surface area contributed by atoms with Crippen LogP contribution >= 0.6 is 0 Å². The van der Waals surface area contributed by atoms with Crippen molar-refractivity contribution >= 4 is 11.7 Å². The maximum Gasteiger partial charge on any atom is 0.252 e. The summed E-state index contributed by atoms with van der Waals surface area (Å²) in [7, 11) is 3.84. The predicted molar refractivity (Wildman–Crippen MR) is 87.2 cm³/mol. The van der Waals surface area contributed by atoms with Gasteiger partial charge >= 0.3 is 0 Å². The summed E-state index contributed by atoms with van der Waals surface area (Å²) in [5, 5.41) is 7.31. The molecule has 0 radical (unpaired) electrons. The first-order valence-corrected chi connectivity index (χ1v) is 7.40. The van der Waals surface area contributed by atoms with Gasteiger partial charge in [0.15, 0.2) is 0 Å². The molecule has 0 aliphatic heterocycles. The van der Waals surface area contributed by atoms with E-state index < -0.39 is 0 Å². The van der Waals surface area contributed by atoms with E-state index in [0.717, 1.165) is 30.2 Å². The van der Waals surface area contributed by atoms with Crippen molar-refractivity contribution in [1.82, 2.24) is 20.1 Å². The molecule has 2 rings (SSSR count). The second kappa shape index (κ2) is 7.06. The van der Waals surface area contributed by atoms with Crippen molar-refractivity contribution in [2.45, 2.75) is 26.8 Å². The summed E-state index contributed by atoms with van der Waals surface area (Å²) >= 11 is 0. The molecule has 0 atom stereocenters. The summed E-state index contributed by atoms with van der Waals surface area (Å²) in [5.41, 5.74) is 2.75. The lowest BCUT2D eigenvalue weighted by Gasteiger charge is -2.11. The van der Waals surface area contributed by atoms with E-state index in [2.05, 4.69) is 21.5 Å². The molecule has 0 aliphatic carbocycles. The molecule has 0 unspecified atom stereocenters. The zero-order valence-electron chi connectivity index (χ0n) is 13.6. The van der Waals surface area contributed by atoms with E-state index in [1.807, 2.05) is 43.6 Å². The van der Waals surface area contributed by atoms with E-state index in [9.17, 15) is 4.79 Å². The van der Waals surface area contributed by atoms with Gasteiger partial charge in [-0.3, -0.25) is 9.48 Å². The van der Waals surface area contributed by atoms with Gasteiger partial charge in [-0.2, -0.15) is 5.10 Å². The highest BCUT2D eigenvalue weighted by Crippen LogP contribution is 2.07. The molecule has 22 heavy (non-hydrogen) atoms. The van der Waals surface area contributed by atoms with Gasteiger partial charge < -0.3 is 10.2 Å². The molecule has 0 bridgehead atoms. The van der Waals surface area contributed by atoms with Crippen molar-refractivity contribution in [2.24, 2.45) is 0 Å². The molecule has 2 aromatic rings. The number of amides is 1. The summed E-state index contributed by atoms with van der Waals surface area (Å²) in [6, 6.07) is 5.68. The van der Waals surface area contributed by atoms with E-state index in [1.54, 1.807) is 12.3 Å². The maximum absolute atomic E-state index is 12.0. The topological polar surface area (TPSA) is 63.1 Å². The molecule has 0 saturated carbocycles. The lowest BCUT2D eigenvalue weighted by molar-refractivity contribution is 0.0952. The fourth-order valence-corrected chi connectivity index (χ4v) is 2.22. The van der Waals surface area contributed by atoms with Crippen LogP contribution in [0.2, 0.25) is 0 Å². The SMILES string of the molecule is Cc1cc(C)n(CCCNC(=O)c2ccc(N(C)C)nc2)n1. The predicted octanol–water partition coefficient (Wildman–Crippen LogP) is 1.78. The van der Waals surface area contributed by atoms with Crippen LogP contribution in [-0.4, -0.2) is 41.3 Å². The Morgan fingerprint density at radius 2 is 2.09 bits per heavy atom. The largest absolute Gasteiger partial charge is 0.363 e. The Bertz CT molecular complexity index is 630. The van der Waals surface area contributed by atoms with E-state index >= 15 is 0 Å². The quantitative estimate of drug-likeness (QED) is 0.826. The van der Waals surface area contributed by atoms with Gasteiger partial charge in [-0.1, -0.05) is 0 Å². The van der Waals surface area contributed by atoms with Gasteiger partial charge in [-0.25, -0.2) is 4.98 Å². The average Bonchev–Trinajstić information content (AvgIpc) is 2.81. The molecular formula is C16H23N5O. The van der Waals surface area contributed by atoms with Crippen LogP contribution in [0.3, 0.4) is 0 Å². The van der Waals surface area contributed by atoms with Crippen molar-refractivity contribution in [3.05, 3.63) is 41.3 Å². The second-order valence-corrected chi connectivity index (χ2v) is 5.56. The number of hydrogen-bond acceptors (Lipinski definition) is 4. The molecule has 0 aromatic carbocycles. The van der Waals surface area contributed by atoms with Gasteiger partial charge in [0.05, 0.1) is 11.3 Å². The van der Waals surface area contributed by atoms with Crippen molar-refractivity contribution in [3.63, 3.8) is 0 Å². The van der Waals surface area contributed by atoms with Crippen LogP contribution < -0.4 is 10.2 Å². The molecule has 2 aromatic heterocycles. The smallest absolute Gasteiger partial charge is 0.252 e. The highest BCUT2D eigenvalue weighted by atomic mass is 16.1. The van der Waals surface area contributed by atoms with Crippen LogP contribution in [0.1, 0.15) is 28.2 Å². The van der Waals surface area contributed by atoms with E-state index in [1.165, 1.54) is 0 Å². The normalized spacial score (nSPS) is 10.5. The first kappa shape index (κ1) is 16.0. The number of carbonyl (C=O) groups excluding carboxylic acids is 1. The Morgan fingerprint density at radius 1 is 1.32 bits per heavy atom. The van der Waals surface area contributed by atoms with Crippen LogP contribution in [0.15, 0.2) is 24.4 Å². The first-order chi connectivity index (χ1) is 10.5. The molecule has 0 saturated heterocycles. The van der Waals surface area contributed by atoms with Gasteiger partial charge in [-0.15, -0.1) is 0 Å². The third kappa shape index (κ3) is 4.07. The molecular weight excluding hydrogens is 278 g/mol. The molecule has 6 heteroatoms. The van der Waals surface area contributed by atoms with Crippen LogP contribution in [-0.2, 0) is 6.54 Å². The van der Waals surface area contributed by atoms with Crippen molar-refractivity contribution < 1.29 is 4.79 Å². The molecule has 0 fully saturated rings. The van der Waals surface area contributed by atoms with Gasteiger partial charge in [0, 0.05) is 39.1 Å². The number of rotatable bonds is 6. The Labute approximate surface area is 131 Å². The highest BCUT2D eigenvalue weighted by Gasteiger charge is 2.06. The number of aromatic nitrogens is 3. The van der Waals surface area contributed by atoms with Crippen molar-refractivity contribution in [3.8, 4) is 0 Å². The standard InChI is InChI=1S/C16H23N5O/c1-12-10-13(2)21(19-12)9-5-8-17-16(22)14-6-7-15(18-11-14)20(3)4/h6-7,10-11H,5,8-9H2,1-4H3,(H,17,22). The average molecular weight is 301 g/mol. The molecule has 6 nitrogen and oxygen atoms in total. The molecule has 0 aliphatic rings. The zero-order valence-corrected chi connectivity index (χ0v) is 13.6. The fourth-order valence-electron chi connectivity index (χ4n) is 2.22. The van der Waals surface area contributed by atoms with E-state index in [-0.39, 0.29) is 5.91 Å². The van der Waals surface area contributed by atoms with Crippen LogP contribution in [0.4, 0.5) is 5.82 Å². The number of nitrogens with one attached hydrogen (secondary N) is 1. The lowest BCUT2D eigenvalue weighted by atomic mass is 10.2. The zero-order chi connectivity index (χ0) is 16.1. The number of carbonyl (C=O) groups is 1. The van der Waals surface area contributed by atoms with Gasteiger partial charge in [0.2, 0.25) is 0 Å². The summed E-state index contributed by atoms with van der Waals surface area (Å²) in [6.45, 7) is 5.44. The number of pyridine rings is 1. The summed E-state index contributed by atoms with van der Waals surface area (Å²) in [5.74, 6) is 0.743. The molecule has 2 heterocycles. The minimum absolute atomic E-state index is 0.0915. The third-order valence-electron chi connectivity index (χ3n) is 3.40. The number of hydrogen-bond donors (Lipinski definition) is 1. The summed E-state index contributed by atoms with van der Waals surface area (Å²) in [6.07, 6.45) is 2.45. The molecule has 0 spiro atoms.